The summed E-state index contributed by atoms with van der Waals surface area (Å²) in [6, 6.07) is 19.9. The number of halogens is 1. The quantitative estimate of drug-likeness (QED) is 0.658. The van der Waals surface area contributed by atoms with Crippen molar-refractivity contribution in [3.8, 4) is 11.3 Å². The van der Waals surface area contributed by atoms with Crippen LogP contribution in [0.2, 0.25) is 0 Å². The monoisotopic (exact) mass is 424 g/mol. The van der Waals surface area contributed by atoms with E-state index in [-0.39, 0.29) is 11.9 Å². The summed E-state index contributed by atoms with van der Waals surface area (Å²) in [7, 11) is 0. The van der Waals surface area contributed by atoms with Crippen molar-refractivity contribution in [2.24, 2.45) is 0 Å². The number of amides is 1. The van der Waals surface area contributed by atoms with E-state index in [0.29, 0.717) is 5.56 Å². The highest BCUT2D eigenvalue weighted by Gasteiger charge is 2.24. The largest absolute Gasteiger partial charge is 0.353 e. The van der Waals surface area contributed by atoms with Gasteiger partial charge >= 0.3 is 0 Å². The highest BCUT2D eigenvalue weighted by molar-refractivity contribution is 9.10. The van der Waals surface area contributed by atoms with Gasteiger partial charge in [-0.25, -0.2) is 0 Å². The third-order valence-corrected chi connectivity index (χ3v) is 5.54. The minimum Gasteiger partial charge on any atom is -0.353 e. The van der Waals surface area contributed by atoms with Gasteiger partial charge in [-0.3, -0.25) is 9.89 Å². The van der Waals surface area contributed by atoms with Gasteiger partial charge in [0.15, 0.2) is 5.82 Å². The van der Waals surface area contributed by atoms with E-state index in [4.69, 9.17) is 0 Å². The Morgan fingerprint density at radius 2 is 1.93 bits per heavy atom. The number of anilines is 1. The first-order valence-corrected chi connectivity index (χ1v) is 9.91. The van der Waals surface area contributed by atoms with E-state index in [0.717, 1.165) is 47.5 Å². The molecule has 0 aliphatic carbocycles. The molecule has 0 bridgehead atoms. The SMILES string of the molecule is O=C(N[C@H]1CCCN(c2cc(-c3ccccc3)[nH]n2)C1)c1ccccc1Br. The molecule has 3 aromatic rings. The Morgan fingerprint density at radius 1 is 1.15 bits per heavy atom. The van der Waals surface area contributed by atoms with Crippen molar-refractivity contribution in [1.29, 1.82) is 0 Å². The van der Waals surface area contributed by atoms with E-state index in [9.17, 15) is 4.79 Å². The van der Waals surface area contributed by atoms with Gasteiger partial charge in [0.2, 0.25) is 0 Å². The van der Waals surface area contributed by atoms with Gasteiger partial charge < -0.3 is 10.2 Å². The van der Waals surface area contributed by atoms with Crippen LogP contribution < -0.4 is 10.2 Å². The minimum absolute atomic E-state index is 0.0404. The Labute approximate surface area is 166 Å². The Balaban J connectivity index is 1.43. The first-order valence-electron chi connectivity index (χ1n) is 9.12. The highest BCUT2D eigenvalue weighted by Crippen LogP contribution is 2.24. The van der Waals surface area contributed by atoms with Gasteiger partial charge in [0.25, 0.3) is 5.91 Å². The maximum Gasteiger partial charge on any atom is 0.252 e. The number of aromatic amines is 1. The van der Waals surface area contributed by atoms with Crippen molar-refractivity contribution in [2.45, 2.75) is 18.9 Å². The van der Waals surface area contributed by atoms with Gasteiger partial charge in [-0.1, -0.05) is 42.5 Å². The lowest BCUT2D eigenvalue weighted by atomic mass is 10.0. The van der Waals surface area contributed by atoms with Crippen LogP contribution >= 0.6 is 15.9 Å². The molecule has 1 atom stereocenters. The van der Waals surface area contributed by atoms with Gasteiger partial charge in [0, 0.05) is 29.7 Å². The smallest absolute Gasteiger partial charge is 0.252 e. The zero-order valence-corrected chi connectivity index (χ0v) is 16.4. The molecule has 1 saturated heterocycles. The number of carbonyl (C=O) groups excluding carboxylic acids is 1. The molecule has 1 aliphatic heterocycles. The van der Waals surface area contributed by atoms with Crippen molar-refractivity contribution in [3.63, 3.8) is 0 Å². The molecule has 6 heteroatoms. The molecule has 5 nitrogen and oxygen atoms in total. The molecule has 0 radical (unpaired) electrons. The van der Waals surface area contributed by atoms with Crippen LogP contribution in [-0.2, 0) is 0 Å². The fraction of sp³-hybridized carbons (Fsp3) is 0.238. The lowest BCUT2D eigenvalue weighted by Crippen LogP contribution is -2.48. The summed E-state index contributed by atoms with van der Waals surface area (Å²) in [4.78, 5) is 14.8. The molecule has 2 aromatic carbocycles. The van der Waals surface area contributed by atoms with Crippen LogP contribution in [0, 0.1) is 0 Å². The first-order chi connectivity index (χ1) is 13.2. The van der Waals surface area contributed by atoms with Crippen LogP contribution in [0.3, 0.4) is 0 Å². The number of nitrogens with one attached hydrogen (secondary N) is 2. The lowest BCUT2D eigenvalue weighted by Gasteiger charge is -2.33. The fourth-order valence-corrected chi connectivity index (χ4v) is 3.92. The van der Waals surface area contributed by atoms with E-state index < -0.39 is 0 Å². The predicted octanol–water partition coefficient (Wildman–Crippen LogP) is 4.24. The molecule has 27 heavy (non-hydrogen) atoms. The van der Waals surface area contributed by atoms with Crippen LogP contribution in [0.15, 0.2) is 65.1 Å². The summed E-state index contributed by atoms with van der Waals surface area (Å²) in [6.45, 7) is 1.70. The third-order valence-electron chi connectivity index (χ3n) is 4.85. The van der Waals surface area contributed by atoms with Gasteiger partial charge in [-0.2, -0.15) is 5.10 Å². The second-order valence-electron chi connectivity index (χ2n) is 6.74. The summed E-state index contributed by atoms with van der Waals surface area (Å²) in [5, 5.41) is 10.8. The van der Waals surface area contributed by atoms with Gasteiger partial charge in [-0.05, 0) is 46.5 Å². The van der Waals surface area contributed by atoms with E-state index in [1.165, 1.54) is 0 Å². The molecule has 0 unspecified atom stereocenters. The standard InChI is InChI=1S/C21H21BrN4O/c22-18-11-5-4-10-17(18)21(27)23-16-9-6-12-26(14-16)20-13-19(24-25-20)15-7-2-1-3-8-15/h1-5,7-8,10-11,13,16H,6,9,12,14H2,(H,23,27)(H,24,25)/t16-/m0/s1. The molecule has 1 fully saturated rings. The second-order valence-corrected chi connectivity index (χ2v) is 7.60. The molecule has 1 amide bonds. The van der Waals surface area contributed by atoms with Crippen molar-refractivity contribution in [3.05, 3.63) is 70.7 Å². The summed E-state index contributed by atoms with van der Waals surface area (Å²) in [6.07, 6.45) is 2.00. The van der Waals surface area contributed by atoms with Crippen molar-refractivity contribution in [2.75, 3.05) is 18.0 Å². The molecular weight excluding hydrogens is 404 g/mol. The Hall–Kier alpha value is -2.60. The van der Waals surface area contributed by atoms with Gasteiger partial charge in [0.05, 0.1) is 11.3 Å². The topological polar surface area (TPSA) is 61.0 Å². The van der Waals surface area contributed by atoms with Crippen LogP contribution in [-0.4, -0.2) is 35.2 Å². The molecule has 2 N–H and O–H groups in total. The summed E-state index contributed by atoms with van der Waals surface area (Å²) in [5.41, 5.74) is 2.79. The van der Waals surface area contributed by atoms with Gasteiger partial charge in [-0.15, -0.1) is 0 Å². The normalized spacial score (nSPS) is 16.9. The Kier molecular flexibility index (Phi) is 5.25. The van der Waals surface area contributed by atoms with Crippen molar-refractivity contribution in [1.82, 2.24) is 15.5 Å². The number of benzene rings is 2. The Morgan fingerprint density at radius 3 is 2.74 bits per heavy atom. The third kappa shape index (κ3) is 4.06. The molecule has 138 valence electrons. The molecule has 1 aromatic heterocycles. The van der Waals surface area contributed by atoms with E-state index in [1.54, 1.807) is 0 Å². The highest BCUT2D eigenvalue weighted by atomic mass is 79.9. The average molecular weight is 425 g/mol. The number of hydrogen-bond acceptors (Lipinski definition) is 3. The summed E-state index contributed by atoms with van der Waals surface area (Å²) < 4.78 is 0.815. The number of aromatic nitrogens is 2. The molecular formula is C21H21BrN4O. The van der Waals surface area contributed by atoms with E-state index >= 15 is 0 Å². The average Bonchev–Trinajstić information content (AvgIpc) is 3.19. The van der Waals surface area contributed by atoms with E-state index in [1.807, 2.05) is 42.5 Å². The van der Waals surface area contributed by atoms with Crippen LogP contribution in [0.4, 0.5) is 5.82 Å². The van der Waals surface area contributed by atoms with Crippen LogP contribution in [0.5, 0.6) is 0 Å². The molecule has 0 saturated carbocycles. The minimum atomic E-state index is -0.0404. The number of carbonyl (C=O) groups is 1. The lowest BCUT2D eigenvalue weighted by molar-refractivity contribution is 0.0932. The first kappa shape index (κ1) is 17.8. The number of piperidine rings is 1. The van der Waals surface area contributed by atoms with Crippen LogP contribution in [0.1, 0.15) is 23.2 Å². The number of H-pyrrole nitrogens is 1. The molecule has 1 aliphatic rings. The zero-order chi connectivity index (χ0) is 18.6. The number of nitrogens with zero attached hydrogens (tertiary/aromatic N) is 2. The maximum atomic E-state index is 12.6. The second kappa shape index (κ2) is 7.96. The van der Waals surface area contributed by atoms with Crippen molar-refractivity contribution >= 4 is 27.7 Å². The maximum absolute atomic E-state index is 12.6. The zero-order valence-electron chi connectivity index (χ0n) is 14.9. The summed E-state index contributed by atoms with van der Waals surface area (Å²) >= 11 is 3.45. The molecule has 2 heterocycles. The summed E-state index contributed by atoms with van der Waals surface area (Å²) in [5.74, 6) is 0.884. The molecule has 0 spiro atoms. The number of hydrogen-bond donors (Lipinski definition) is 2. The van der Waals surface area contributed by atoms with Crippen LogP contribution in [0.25, 0.3) is 11.3 Å². The van der Waals surface area contributed by atoms with Gasteiger partial charge in [0.1, 0.15) is 0 Å². The predicted molar refractivity (Wildman–Crippen MR) is 111 cm³/mol. The van der Waals surface area contributed by atoms with E-state index in [2.05, 4.69) is 54.5 Å². The Bertz CT molecular complexity index is 925. The number of rotatable bonds is 4. The van der Waals surface area contributed by atoms with Crippen molar-refractivity contribution < 1.29 is 4.79 Å². The fourth-order valence-electron chi connectivity index (χ4n) is 3.45. The molecule has 4 rings (SSSR count).